The first kappa shape index (κ1) is 14.8. The molecule has 1 fully saturated rings. The number of hydrogen-bond acceptors (Lipinski definition) is 5. The van der Waals surface area contributed by atoms with Crippen LogP contribution in [-0.2, 0) is 20.1 Å². The van der Waals surface area contributed by atoms with Crippen molar-refractivity contribution in [3.8, 4) is 0 Å². The van der Waals surface area contributed by atoms with Crippen LogP contribution in [0.1, 0.15) is 18.9 Å². The van der Waals surface area contributed by atoms with Gasteiger partial charge in [-0.1, -0.05) is 0 Å². The van der Waals surface area contributed by atoms with Gasteiger partial charge in [0.25, 0.3) is 11.7 Å². The Bertz CT molecular complexity index is 556. The van der Waals surface area contributed by atoms with Gasteiger partial charge < -0.3 is 14.4 Å². The van der Waals surface area contributed by atoms with E-state index in [-0.39, 0.29) is 5.91 Å². The topological polar surface area (TPSA) is 42.0 Å². The van der Waals surface area contributed by atoms with Crippen molar-refractivity contribution >= 4 is 23.5 Å². The summed E-state index contributed by atoms with van der Waals surface area (Å²) in [6.07, 6.45) is 0.822. The Morgan fingerprint density at radius 3 is 2.67 bits per heavy atom. The Labute approximate surface area is 129 Å². The van der Waals surface area contributed by atoms with E-state index in [9.17, 15) is 4.79 Å². The van der Waals surface area contributed by atoms with E-state index in [2.05, 4.69) is 0 Å². The van der Waals surface area contributed by atoms with Gasteiger partial charge in [0, 0.05) is 17.0 Å². The second kappa shape index (κ2) is 5.61. The third-order valence-corrected chi connectivity index (χ3v) is 4.47. The predicted molar refractivity (Wildman–Crippen MR) is 82.2 cm³/mol. The van der Waals surface area contributed by atoms with Crippen molar-refractivity contribution in [2.24, 2.45) is 0 Å². The first-order valence-corrected chi connectivity index (χ1v) is 7.95. The summed E-state index contributed by atoms with van der Waals surface area (Å²) in [6, 6.07) is 6.03. The lowest BCUT2D eigenvalue weighted by Gasteiger charge is -2.32. The molecule has 0 atom stereocenters. The van der Waals surface area contributed by atoms with E-state index in [4.69, 9.17) is 9.47 Å². The highest BCUT2D eigenvalue weighted by Gasteiger charge is 2.54. The Hall–Kier alpha value is -1.08. The number of benzene rings is 1. The molecule has 1 saturated heterocycles. The molecule has 2 aliphatic rings. The monoisotopic (exact) mass is 308 g/mol. The second-order valence-corrected chi connectivity index (χ2v) is 6.68. The summed E-state index contributed by atoms with van der Waals surface area (Å²) >= 11 is 1.61. The summed E-state index contributed by atoms with van der Waals surface area (Å²) < 4.78 is 13.7. The lowest BCUT2D eigenvalue weighted by molar-refractivity contribution is -0.256. The van der Waals surface area contributed by atoms with E-state index < -0.39 is 5.79 Å². The Morgan fingerprint density at radius 1 is 1.33 bits per heavy atom. The van der Waals surface area contributed by atoms with Crippen molar-refractivity contribution in [1.82, 2.24) is 4.31 Å². The van der Waals surface area contributed by atoms with Gasteiger partial charge in [0.05, 0.1) is 18.9 Å². The number of amides is 1. The largest absolute Gasteiger partial charge is 0.338 e. The quantitative estimate of drug-likeness (QED) is 0.801. The first-order valence-electron chi connectivity index (χ1n) is 7.18. The van der Waals surface area contributed by atoms with Crippen LogP contribution in [0.5, 0.6) is 0 Å². The third-order valence-electron chi connectivity index (χ3n) is 3.64. The smallest absolute Gasteiger partial charge is 0.292 e. The molecule has 0 radical (unpaired) electrons. The summed E-state index contributed by atoms with van der Waals surface area (Å²) in [4.78, 5) is 15.6. The van der Waals surface area contributed by atoms with Gasteiger partial charge in [0.15, 0.2) is 0 Å². The van der Waals surface area contributed by atoms with E-state index >= 15 is 0 Å². The molecule has 21 heavy (non-hydrogen) atoms. The molecular weight excluding hydrogens is 288 g/mol. The molecule has 0 aromatic heterocycles. The Morgan fingerprint density at radius 2 is 2.05 bits per heavy atom. The van der Waals surface area contributed by atoms with Crippen LogP contribution in [0.25, 0.3) is 0 Å². The standard InChI is InChI=1S/C15H20N2O3S/c1-4-17-13-7-6-11(21-16(2)3)10-12(13)15(14(17)18)19-8-5-9-20-15/h6-7,10H,4-5,8-9H2,1-3H3. The number of hydrogen-bond donors (Lipinski definition) is 0. The van der Waals surface area contributed by atoms with Crippen molar-refractivity contribution in [2.75, 3.05) is 38.8 Å². The maximum atomic E-state index is 12.8. The minimum Gasteiger partial charge on any atom is -0.338 e. The molecule has 1 spiro atoms. The zero-order valence-corrected chi connectivity index (χ0v) is 13.4. The van der Waals surface area contributed by atoms with Crippen LogP contribution in [0.2, 0.25) is 0 Å². The average molecular weight is 308 g/mol. The number of rotatable bonds is 3. The maximum Gasteiger partial charge on any atom is 0.292 e. The predicted octanol–water partition coefficient (Wildman–Crippen LogP) is 2.21. The number of ether oxygens (including phenoxy) is 2. The van der Waals surface area contributed by atoms with Gasteiger partial charge in [-0.25, -0.2) is 0 Å². The molecule has 0 unspecified atom stereocenters. The van der Waals surface area contributed by atoms with Gasteiger partial charge in [-0.05, 0) is 57.6 Å². The molecule has 5 nitrogen and oxygen atoms in total. The summed E-state index contributed by atoms with van der Waals surface area (Å²) in [5.41, 5.74) is 1.73. The average Bonchev–Trinajstić information content (AvgIpc) is 2.69. The Balaban J connectivity index is 2.07. The third kappa shape index (κ3) is 2.36. The summed E-state index contributed by atoms with van der Waals surface area (Å²) in [6.45, 7) is 3.67. The normalized spacial score (nSPS) is 20.4. The number of anilines is 1. The molecule has 2 heterocycles. The van der Waals surface area contributed by atoms with Crippen LogP contribution in [0.4, 0.5) is 5.69 Å². The zero-order chi connectivity index (χ0) is 15.0. The molecule has 2 aliphatic heterocycles. The molecule has 1 amide bonds. The van der Waals surface area contributed by atoms with E-state index in [1.165, 1.54) is 0 Å². The number of likely N-dealkylation sites (N-methyl/N-ethyl adjacent to an activating group) is 1. The molecule has 0 bridgehead atoms. The van der Waals surface area contributed by atoms with Crippen LogP contribution >= 0.6 is 11.9 Å². The highest BCUT2D eigenvalue weighted by Crippen LogP contribution is 2.46. The molecule has 114 valence electrons. The van der Waals surface area contributed by atoms with Crippen molar-refractivity contribution in [3.63, 3.8) is 0 Å². The van der Waals surface area contributed by atoms with E-state index in [0.717, 1.165) is 22.6 Å². The van der Waals surface area contributed by atoms with Gasteiger partial charge in [-0.2, -0.15) is 0 Å². The molecule has 3 rings (SSSR count). The molecule has 0 aliphatic carbocycles. The lowest BCUT2D eigenvalue weighted by atomic mass is 10.1. The highest BCUT2D eigenvalue weighted by molar-refractivity contribution is 7.97. The van der Waals surface area contributed by atoms with Crippen LogP contribution in [0.15, 0.2) is 23.1 Å². The number of carbonyl (C=O) groups is 1. The molecular formula is C15H20N2O3S. The molecule has 6 heteroatoms. The maximum absolute atomic E-state index is 12.8. The molecule has 0 N–H and O–H groups in total. The van der Waals surface area contributed by atoms with Crippen molar-refractivity contribution in [3.05, 3.63) is 23.8 Å². The van der Waals surface area contributed by atoms with E-state index in [1.807, 2.05) is 43.5 Å². The summed E-state index contributed by atoms with van der Waals surface area (Å²) in [5, 5.41) is 0. The molecule has 0 saturated carbocycles. The highest BCUT2D eigenvalue weighted by atomic mass is 32.2. The van der Waals surface area contributed by atoms with Crippen molar-refractivity contribution in [1.29, 1.82) is 0 Å². The van der Waals surface area contributed by atoms with Crippen molar-refractivity contribution < 1.29 is 14.3 Å². The van der Waals surface area contributed by atoms with E-state index in [1.54, 1.807) is 16.8 Å². The van der Waals surface area contributed by atoms with Gasteiger partial charge >= 0.3 is 0 Å². The summed E-state index contributed by atoms with van der Waals surface area (Å²) in [5.74, 6) is -1.33. The van der Waals surface area contributed by atoms with Crippen LogP contribution in [0, 0.1) is 0 Å². The number of nitrogens with zero attached hydrogens (tertiary/aromatic N) is 2. The van der Waals surface area contributed by atoms with Gasteiger partial charge in [0.1, 0.15) is 0 Å². The SMILES string of the molecule is CCN1C(=O)C2(OCCCO2)c2cc(SN(C)C)ccc21. The molecule has 1 aromatic carbocycles. The van der Waals surface area contributed by atoms with Crippen LogP contribution < -0.4 is 4.90 Å². The van der Waals surface area contributed by atoms with Crippen molar-refractivity contribution in [2.45, 2.75) is 24.0 Å². The fraction of sp³-hybridized carbons (Fsp3) is 0.533. The van der Waals surface area contributed by atoms with Gasteiger partial charge in [0.2, 0.25) is 0 Å². The number of carbonyl (C=O) groups excluding carboxylic acids is 1. The summed E-state index contributed by atoms with van der Waals surface area (Å²) in [7, 11) is 3.98. The fourth-order valence-corrected chi connectivity index (χ4v) is 3.53. The zero-order valence-electron chi connectivity index (χ0n) is 12.6. The molecule has 1 aromatic rings. The second-order valence-electron chi connectivity index (χ2n) is 5.30. The van der Waals surface area contributed by atoms with Gasteiger partial charge in [-0.15, -0.1) is 0 Å². The fourth-order valence-electron chi connectivity index (χ4n) is 2.81. The minimum absolute atomic E-state index is 0.105. The van der Waals surface area contributed by atoms with E-state index in [0.29, 0.717) is 19.8 Å². The van der Waals surface area contributed by atoms with Crippen LogP contribution in [0.3, 0.4) is 0 Å². The van der Waals surface area contributed by atoms with Crippen LogP contribution in [-0.4, -0.2) is 44.1 Å². The first-order chi connectivity index (χ1) is 10.1. The Kier molecular flexibility index (Phi) is 3.96. The lowest BCUT2D eigenvalue weighted by Crippen LogP contribution is -2.47. The number of fused-ring (bicyclic) bond motifs is 2. The minimum atomic E-state index is -1.23. The van der Waals surface area contributed by atoms with Gasteiger partial charge in [-0.3, -0.25) is 9.10 Å².